The second-order valence-corrected chi connectivity index (χ2v) is 4.45. The molecule has 1 heterocycles. The SMILES string of the molecule is CNC(Cc1cccc(O)c1)c1ccncc1C. The van der Waals surface area contributed by atoms with Crippen molar-refractivity contribution in [3.8, 4) is 5.75 Å². The third-order valence-electron chi connectivity index (χ3n) is 3.14. The average molecular weight is 242 g/mol. The van der Waals surface area contributed by atoms with E-state index in [2.05, 4.69) is 17.2 Å². The van der Waals surface area contributed by atoms with Gasteiger partial charge in [0.25, 0.3) is 0 Å². The van der Waals surface area contributed by atoms with Gasteiger partial charge in [0, 0.05) is 18.4 Å². The number of nitrogens with zero attached hydrogens (tertiary/aromatic N) is 1. The summed E-state index contributed by atoms with van der Waals surface area (Å²) in [7, 11) is 1.95. The number of phenols is 1. The van der Waals surface area contributed by atoms with Gasteiger partial charge in [0.05, 0.1) is 0 Å². The van der Waals surface area contributed by atoms with Gasteiger partial charge in [-0.25, -0.2) is 0 Å². The van der Waals surface area contributed by atoms with E-state index in [1.807, 2.05) is 37.6 Å². The summed E-state index contributed by atoms with van der Waals surface area (Å²) in [5, 5.41) is 12.8. The lowest BCUT2D eigenvalue weighted by Crippen LogP contribution is -2.19. The number of likely N-dealkylation sites (N-methyl/N-ethyl adjacent to an activating group) is 1. The molecule has 0 spiro atoms. The molecule has 3 nitrogen and oxygen atoms in total. The lowest BCUT2D eigenvalue weighted by Gasteiger charge is -2.18. The van der Waals surface area contributed by atoms with Crippen molar-refractivity contribution in [2.75, 3.05) is 7.05 Å². The summed E-state index contributed by atoms with van der Waals surface area (Å²) in [6, 6.07) is 9.67. The number of aromatic nitrogens is 1. The third-order valence-corrected chi connectivity index (χ3v) is 3.14. The molecule has 1 aromatic heterocycles. The Kier molecular flexibility index (Phi) is 3.95. The second-order valence-electron chi connectivity index (χ2n) is 4.45. The molecule has 3 heteroatoms. The molecule has 1 atom stereocenters. The normalized spacial score (nSPS) is 12.3. The Bertz CT molecular complexity index is 525. The molecule has 0 bridgehead atoms. The summed E-state index contributed by atoms with van der Waals surface area (Å²) in [5.41, 5.74) is 3.54. The standard InChI is InChI=1S/C15H18N2O/c1-11-10-17-7-6-14(11)15(16-2)9-12-4-3-5-13(18)8-12/h3-8,10,15-16,18H,9H2,1-2H3. The topological polar surface area (TPSA) is 45.1 Å². The summed E-state index contributed by atoms with van der Waals surface area (Å²) in [6.07, 6.45) is 4.53. The number of aromatic hydroxyl groups is 1. The van der Waals surface area contributed by atoms with Crippen molar-refractivity contribution in [1.82, 2.24) is 10.3 Å². The first-order valence-corrected chi connectivity index (χ1v) is 6.06. The van der Waals surface area contributed by atoms with E-state index in [9.17, 15) is 5.11 Å². The van der Waals surface area contributed by atoms with Crippen LogP contribution in [0.5, 0.6) is 5.75 Å². The largest absolute Gasteiger partial charge is 0.508 e. The molecule has 0 aliphatic heterocycles. The van der Waals surface area contributed by atoms with Gasteiger partial charge in [-0.15, -0.1) is 0 Å². The first kappa shape index (κ1) is 12.6. The van der Waals surface area contributed by atoms with Crippen LogP contribution in [0.1, 0.15) is 22.7 Å². The van der Waals surface area contributed by atoms with E-state index in [0.29, 0.717) is 5.75 Å². The van der Waals surface area contributed by atoms with Crippen LogP contribution in [0.3, 0.4) is 0 Å². The fourth-order valence-corrected chi connectivity index (χ4v) is 2.16. The minimum atomic E-state index is 0.231. The molecule has 0 aliphatic carbocycles. The molecule has 0 aliphatic rings. The van der Waals surface area contributed by atoms with Crippen molar-refractivity contribution in [2.24, 2.45) is 0 Å². The van der Waals surface area contributed by atoms with Crippen LogP contribution in [-0.2, 0) is 6.42 Å². The van der Waals surface area contributed by atoms with Crippen molar-refractivity contribution in [2.45, 2.75) is 19.4 Å². The van der Waals surface area contributed by atoms with Crippen molar-refractivity contribution >= 4 is 0 Å². The molecular weight excluding hydrogens is 224 g/mol. The zero-order valence-electron chi connectivity index (χ0n) is 10.7. The van der Waals surface area contributed by atoms with Crippen LogP contribution in [0, 0.1) is 6.92 Å². The highest BCUT2D eigenvalue weighted by atomic mass is 16.3. The second kappa shape index (κ2) is 5.65. The van der Waals surface area contributed by atoms with Gasteiger partial charge in [0.2, 0.25) is 0 Å². The maximum absolute atomic E-state index is 9.49. The molecule has 0 amide bonds. The molecule has 0 saturated heterocycles. The van der Waals surface area contributed by atoms with Crippen LogP contribution in [0.4, 0.5) is 0 Å². The Balaban J connectivity index is 2.23. The first-order chi connectivity index (χ1) is 8.70. The summed E-state index contributed by atoms with van der Waals surface area (Å²) in [4.78, 5) is 4.11. The molecule has 0 saturated carbocycles. The highest BCUT2D eigenvalue weighted by molar-refractivity contribution is 5.31. The number of hydrogen-bond acceptors (Lipinski definition) is 3. The van der Waals surface area contributed by atoms with E-state index in [1.54, 1.807) is 12.1 Å². The number of nitrogens with one attached hydrogen (secondary N) is 1. The molecule has 2 rings (SSSR count). The van der Waals surface area contributed by atoms with E-state index in [1.165, 1.54) is 11.1 Å². The van der Waals surface area contributed by atoms with Crippen LogP contribution in [0.15, 0.2) is 42.7 Å². The van der Waals surface area contributed by atoms with Crippen LogP contribution < -0.4 is 5.32 Å². The first-order valence-electron chi connectivity index (χ1n) is 6.06. The van der Waals surface area contributed by atoms with Crippen LogP contribution in [0.25, 0.3) is 0 Å². The average Bonchev–Trinajstić information content (AvgIpc) is 2.37. The maximum Gasteiger partial charge on any atom is 0.115 e. The Labute approximate surface area is 108 Å². The van der Waals surface area contributed by atoms with Gasteiger partial charge in [-0.2, -0.15) is 0 Å². The van der Waals surface area contributed by atoms with Crippen molar-refractivity contribution in [1.29, 1.82) is 0 Å². The third kappa shape index (κ3) is 2.87. The highest BCUT2D eigenvalue weighted by Crippen LogP contribution is 2.22. The zero-order valence-corrected chi connectivity index (χ0v) is 10.7. The van der Waals surface area contributed by atoms with Crippen LogP contribution >= 0.6 is 0 Å². The summed E-state index contributed by atoms with van der Waals surface area (Å²) >= 11 is 0. The highest BCUT2D eigenvalue weighted by Gasteiger charge is 2.12. The molecule has 1 unspecified atom stereocenters. The van der Waals surface area contributed by atoms with Crippen molar-refractivity contribution < 1.29 is 5.11 Å². The van der Waals surface area contributed by atoms with E-state index >= 15 is 0 Å². The summed E-state index contributed by atoms with van der Waals surface area (Å²) < 4.78 is 0. The number of hydrogen-bond donors (Lipinski definition) is 2. The molecule has 1 aromatic carbocycles. The maximum atomic E-state index is 9.49. The van der Waals surface area contributed by atoms with E-state index in [-0.39, 0.29) is 6.04 Å². The van der Waals surface area contributed by atoms with Gasteiger partial charge in [-0.3, -0.25) is 4.98 Å². The molecule has 94 valence electrons. The minimum Gasteiger partial charge on any atom is -0.508 e. The lowest BCUT2D eigenvalue weighted by atomic mass is 9.97. The number of benzene rings is 1. The van der Waals surface area contributed by atoms with E-state index < -0.39 is 0 Å². The monoisotopic (exact) mass is 242 g/mol. The molecule has 0 fully saturated rings. The molecule has 18 heavy (non-hydrogen) atoms. The van der Waals surface area contributed by atoms with Gasteiger partial charge < -0.3 is 10.4 Å². The Hall–Kier alpha value is -1.87. The van der Waals surface area contributed by atoms with Crippen molar-refractivity contribution in [3.63, 3.8) is 0 Å². The van der Waals surface area contributed by atoms with Crippen LogP contribution in [0.2, 0.25) is 0 Å². The predicted molar refractivity (Wildman–Crippen MR) is 72.6 cm³/mol. The van der Waals surface area contributed by atoms with E-state index in [4.69, 9.17) is 0 Å². The number of aryl methyl sites for hydroxylation is 1. The smallest absolute Gasteiger partial charge is 0.115 e. The molecule has 2 N–H and O–H groups in total. The number of phenolic OH excluding ortho intramolecular Hbond substituents is 1. The molecular formula is C15H18N2O. The van der Waals surface area contributed by atoms with Gasteiger partial charge >= 0.3 is 0 Å². The number of rotatable bonds is 4. The molecule has 2 aromatic rings. The number of pyridine rings is 1. The van der Waals surface area contributed by atoms with Crippen LogP contribution in [-0.4, -0.2) is 17.1 Å². The van der Waals surface area contributed by atoms with Crippen molar-refractivity contribution in [3.05, 3.63) is 59.4 Å². The van der Waals surface area contributed by atoms with Gasteiger partial charge in [0.15, 0.2) is 0 Å². The van der Waals surface area contributed by atoms with Gasteiger partial charge in [-0.05, 0) is 55.3 Å². The Morgan fingerprint density at radius 3 is 2.83 bits per heavy atom. The van der Waals surface area contributed by atoms with E-state index in [0.717, 1.165) is 12.0 Å². The summed E-state index contributed by atoms with van der Waals surface area (Å²) in [5.74, 6) is 0.314. The Morgan fingerprint density at radius 1 is 1.33 bits per heavy atom. The minimum absolute atomic E-state index is 0.231. The summed E-state index contributed by atoms with van der Waals surface area (Å²) in [6.45, 7) is 2.06. The fraction of sp³-hybridized carbons (Fsp3) is 0.267. The fourth-order valence-electron chi connectivity index (χ4n) is 2.16. The van der Waals surface area contributed by atoms with Gasteiger partial charge in [-0.1, -0.05) is 12.1 Å². The quantitative estimate of drug-likeness (QED) is 0.866. The predicted octanol–water partition coefficient (Wildman–Crippen LogP) is 2.60. The zero-order chi connectivity index (χ0) is 13.0. The molecule has 0 radical (unpaired) electrons. The lowest BCUT2D eigenvalue weighted by molar-refractivity contribution is 0.473. The Morgan fingerprint density at radius 2 is 2.17 bits per heavy atom. The van der Waals surface area contributed by atoms with Gasteiger partial charge in [0.1, 0.15) is 5.75 Å².